The maximum absolute atomic E-state index is 6.29. The van der Waals surface area contributed by atoms with E-state index in [0.29, 0.717) is 12.0 Å². The van der Waals surface area contributed by atoms with Crippen molar-refractivity contribution in [3.8, 4) is 0 Å². The first-order valence-electron chi connectivity index (χ1n) is 8.05. The number of rotatable bonds is 3. The van der Waals surface area contributed by atoms with Crippen LogP contribution < -0.4 is 5.73 Å². The number of likely N-dealkylation sites (N-methyl/N-ethyl adjacent to an activating group) is 1. The van der Waals surface area contributed by atoms with E-state index in [0.717, 1.165) is 45.8 Å². The van der Waals surface area contributed by atoms with Gasteiger partial charge in [0.1, 0.15) is 0 Å². The van der Waals surface area contributed by atoms with E-state index < -0.39 is 0 Å². The van der Waals surface area contributed by atoms with Gasteiger partial charge in [-0.1, -0.05) is 30.3 Å². The highest BCUT2D eigenvalue weighted by atomic mass is 16.5. The van der Waals surface area contributed by atoms with E-state index in [9.17, 15) is 0 Å². The Hall–Kier alpha value is -0.940. The fourth-order valence-corrected chi connectivity index (χ4v) is 3.47. The number of hydrogen-bond acceptors (Lipinski definition) is 4. The minimum Gasteiger partial charge on any atom is -0.381 e. The smallest absolute Gasteiger partial charge is 0.0521 e. The molecule has 3 rings (SSSR count). The zero-order chi connectivity index (χ0) is 14.7. The normalized spacial score (nSPS) is 32.2. The van der Waals surface area contributed by atoms with Gasteiger partial charge < -0.3 is 15.4 Å². The minimum atomic E-state index is 0.287. The zero-order valence-corrected chi connectivity index (χ0v) is 12.9. The van der Waals surface area contributed by atoms with Crippen molar-refractivity contribution in [2.24, 2.45) is 11.7 Å². The second-order valence-electron chi connectivity index (χ2n) is 6.47. The number of benzene rings is 1. The number of ether oxygens (including phenoxy) is 1. The summed E-state index contributed by atoms with van der Waals surface area (Å²) >= 11 is 0. The minimum absolute atomic E-state index is 0.287. The molecule has 2 aliphatic heterocycles. The molecule has 116 valence electrons. The first kappa shape index (κ1) is 15.0. The lowest BCUT2D eigenvalue weighted by Gasteiger charge is -2.43. The SMILES string of the molecule is CN1CCN(CC2COCCC2N)C(c2ccccc2)C1. The summed E-state index contributed by atoms with van der Waals surface area (Å²) in [5, 5.41) is 0. The number of piperazine rings is 1. The lowest BCUT2D eigenvalue weighted by atomic mass is 9.94. The second kappa shape index (κ2) is 6.88. The van der Waals surface area contributed by atoms with Crippen LogP contribution in [0.1, 0.15) is 18.0 Å². The van der Waals surface area contributed by atoms with Gasteiger partial charge in [-0.3, -0.25) is 4.90 Å². The predicted molar refractivity (Wildman–Crippen MR) is 85.2 cm³/mol. The standard InChI is InChI=1S/C17H27N3O/c1-19-8-9-20(11-15-13-21-10-7-16(15)18)17(12-19)14-5-3-2-4-6-14/h2-6,15-17H,7-13,18H2,1H3. The van der Waals surface area contributed by atoms with Gasteiger partial charge in [0.15, 0.2) is 0 Å². The average molecular weight is 289 g/mol. The molecule has 2 saturated heterocycles. The lowest BCUT2D eigenvalue weighted by molar-refractivity contribution is 0.00411. The molecular formula is C17H27N3O. The van der Waals surface area contributed by atoms with Crippen LogP contribution in [0.5, 0.6) is 0 Å². The van der Waals surface area contributed by atoms with Crippen molar-refractivity contribution in [1.29, 1.82) is 0 Å². The van der Waals surface area contributed by atoms with Crippen molar-refractivity contribution < 1.29 is 4.74 Å². The molecule has 2 heterocycles. The van der Waals surface area contributed by atoms with Crippen LogP contribution in [-0.4, -0.2) is 62.3 Å². The van der Waals surface area contributed by atoms with Crippen molar-refractivity contribution in [2.45, 2.75) is 18.5 Å². The van der Waals surface area contributed by atoms with Crippen LogP contribution >= 0.6 is 0 Å². The van der Waals surface area contributed by atoms with Crippen molar-refractivity contribution in [3.05, 3.63) is 35.9 Å². The number of nitrogens with zero attached hydrogens (tertiary/aromatic N) is 2. The van der Waals surface area contributed by atoms with E-state index in [1.807, 2.05) is 0 Å². The van der Waals surface area contributed by atoms with Crippen LogP contribution in [0.4, 0.5) is 0 Å². The molecule has 4 heteroatoms. The molecule has 0 amide bonds. The Morgan fingerprint density at radius 1 is 1.24 bits per heavy atom. The van der Waals surface area contributed by atoms with Gasteiger partial charge in [0.05, 0.1) is 6.61 Å². The van der Waals surface area contributed by atoms with Crippen LogP contribution in [0.25, 0.3) is 0 Å². The third-order valence-corrected chi connectivity index (χ3v) is 4.88. The Kier molecular flexibility index (Phi) is 4.91. The Morgan fingerprint density at radius 3 is 2.81 bits per heavy atom. The van der Waals surface area contributed by atoms with Gasteiger partial charge in [0, 0.05) is 50.8 Å². The molecule has 2 fully saturated rings. The van der Waals surface area contributed by atoms with E-state index in [1.54, 1.807) is 0 Å². The lowest BCUT2D eigenvalue weighted by Crippen LogP contribution is -2.52. The van der Waals surface area contributed by atoms with E-state index >= 15 is 0 Å². The molecular weight excluding hydrogens is 262 g/mol. The maximum Gasteiger partial charge on any atom is 0.0521 e. The highest BCUT2D eigenvalue weighted by molar-refractivity contribution is 5.20. The van der Waals surface area contributed by atoms with E-state index in [1.165, 1.54) is 5.56 Å². The van der Waals surface area contributed by atoms with Gasteiger partial charge in [-0.05, 0) is 19.0 Å². The van der Waals surface area contributed by atoms with Crippen LogP contribution in [0.2, 0.25) is 0 Å². The van der Waals surface area contributed by atoms with Crippen molar-refractivity contribution in [2.75, 3.05) is 46.4 Å². The first-order chi connectivity index (χ1) is 10.2. The topological polar surface area (TPSA) is 41.7 Å². The van der Waals surface area contributed by atoms with Gasteiger partial charge in [-0.15, -0.1) is 0 Å². The van der Waals surface area contributed by atoms with Gasteiger partial charge in [0.2, 0.25) is 0 Å². The van der Waals surface area contributed by atoms with E-state index in [4.69, 9.17) is 10.5 Å². The highest BCUT2D eigenvalue weighted by Crippen LogP contribution is 2.27. The largest absolute Gasteiger partial charge is 0.381 e. The Balaban J connectivity index is 1.72. The molecule has 21 heavy (non-hydrogen) atoms. The fourth-order valence-electron chi connectivity index (χ4n) is 3.47. The Bertz CT molecular complexity index is 439. The molecule has 0 saturated carbocycles. The summed E-state index contributed by atoms with van der Waals surface area (Å²) in [4.78, 5) is 5.03. The molecule has 1 aromatic rings. The molecule has 0 aliphatic carbocycles. The van der Waals surface area contributed by atoms with Crippen molar-refractivity contribution in [1.82, 2.24) is 9.80 Å². The zero-order valence-electron chi connectivity index (χ0n) is 12.9. The summed E-state index contributed by atoms with van der Waals surface area (Å²) in [6.07, 6.45) is 0.994. The maximum atomic E-state index is 6.29. The molecule has 0 spiro atoms. The third kappa shape index (κ3) is 3.64. The molecule has 3 unspecified atom stereocenters. The van der Waals surface area contributed by atoms with E-state index in [-0.39, 0.29) is 6.04 Å². The summed E-state index contributed by atoms with van der Waals surface area (Å²) in [7, 11) is 2.21. The van der Waals surface area contributed by atoms with Crippen LogP contribution in [0, 0.1) is 5.92 Å². The Labute approximate surface area is 127 Å². The quantitative estimate of drug-likeness (QED) is 0.912. The highest BCUT2D eigenvalue weighted by Gasteiger charge is 2.31. The van der Waals surface area contributed by atoms with E-state index in [2.05, 4.69) is 47.2 Å². The van der Waals surface area contributed by atoms with Gasteiger partial charge in [-0.25, -0.2) is 0 Å². The molecule has 0 aromatic heterocycles. The molecule has 0 radical (unpaired) electrons. The number of nitrogens with two attached hydrogens (primary N) is 1. The summed E-state index contributed by atoms with van der Waals surface area (Å²) in [5.74, 6) is 0.466. The Morgan fingerprint density at radius 2 is 2.05 bits per heavy atom. The predicted octanol–water partition coefficient (Wildman–Crippen LogP) is 1.34. The fraction of sp³-hybridized carbons (Fsp3) is 0.647. The second-order valence-corrected chi connectivity index (χ2v) is 6.47. The van der Waals surface area contributed by atoms with Crippen LogP contribution in [-0.2, 0) is 4.74 Å². The molecule has 1 aromatic carbocycles. The molecule has 3 atom stereocenters. The van der Waals surface area contributed by atoms with Gasteiger partial charge in [-0.2, -0.15) is 0 Å². The van der Waals surface area contributed by atoms with Crippen molar-refractivity contribution in [3.63, 3.8) is 0 Å². The summed E-state index contributed by atoms with van der Waals surface area (Å²) < 4.78 is 5.64. The summed E-state index contributed by atoms with van der Waals surface area (Å²) in [6, 6.07) is 11.6. The summed E-state index contributed by atoms with van der Waals surface area (Å²) in [6.45, 7) is 6.02. The third-order valence-electron chi connectivity index (χ3n) is 4.88. The average Bonchev–Trinajstić information content (AvgIpc) is 2.52. The number of hydrogen-bond donors (Lipinski definition) is 1. The van der Waals surface area contributed by atoms with Gasteiger partial charge >= 0.3 is 0 Å². The van der Waals surface area contributed by atoms with Crippen molar-refractivity contribution >= 4 is 0 Å². The van der Waals surface area contributed by atoms with Gasteiger partial charge in [0.25, 0.3) is 0 Å². The monoisotopic (exact) mass is 289 g/mol. The molecule has 4 nitrogen and oxygen atoms in total. The molecule has 2 aliphatic rings. The van der Waals surface area contributed by atoms with Crippen LogP contribution in [0.15, 0.2) is 30.3 Å². The molecule has 2 N–H and O–H groups in total. The first-order valence-corrected chi connectivity index (χ1v) is 8.05. The van der Waals surface area contributed by atoms with Crippen LogP contribution in [0.3, 0.4) is 0 Å². The molecule has 0 bridgehead atoms. The summed E-state index contributed by atoms with van der Waals surface area (Å²) in [5.41, 5.74) is 7.70.